The summed E-state index contributed by atoms with van der Waals surface area (Å²) in [7, 11) is 1.55. The van der Waals surface area contributed by atoms with Gasteiger partial charge in [-0.25, -0.2) is 0 Å². The van der Waals surface area contributed by atoms with Crippen molar-refractivity contribution in [1.82, 2.24) is 15.6 Å². The van der Waals surface area contributed by atoms with Crippen LogP contribution in [-0.4, -0.2) is 29.9 Å². The summed E-state index contributed by atoms with van der Waals surface area (Å²) >= 11 is 5.98. The van der Waals surface area contributed by atoms with Crippen LogP contribution in [0.1, 0.15) is 16.1 Å². The molecule has 2 aromatic carbocycles. The van der Waals surface area contributed by atoms with Crippen molar-refractivity contribution in [3.05, 3.63) is 70.9 Å². The number of hydrogen-bond donors (Lipinski definition) is 3. The molecule has 0 spiro atoms. The minimum Gasteiger partial charge on any atom is -0.357 e. The largest absolute Gasteiger partial charge is 0.357 e. The van der Waals surface area contributed by atoms with Crippen LogP contribution >= 0.6 is 11.6 Å². The molecule has 5 nitrogen and oxygen atoms in total. The van der Waals surface area contributed by atoms with Crippen LogP contribution in [0.4, 0.5) is 0 Å². The SMILES string of the molecule is CNC(=O)[C@H](Cc1ccccc1)NC(=O)c1cc2cc(Cl)ccc2[nH]1. The molecular weight excluding hydrogens is 338 g/mol. The van der Waals surface area contributed by atoms with Gasteiger partial charge in [-0.3, -0.25) is 9.59 Å². The summed E-state index contributed by atoms with van der Waals surface area (Å²) < 4.78 is 0. The zero-order chi connectivity index (χ0) is 17.8. The molecule has 3 rings (SSSR count). The van der Waals surface area contributed by atoms with Gasteiger partial charge in [-0.1, -0.05) is 41.9 Å². The molecule has 0 aliphatic heterocycles. The Labute approximate surface area is 150 Å². The molecule has 3 N–H and O–H groups in total. The second-order valence-corrected chi connectivity index (χ2v) is 6.18. The fourth-order valence-corrected chi connectivity index (χ4v) is 2.88. The topological polar surface area (TPSA) is 74.0 Å². The monoisotopic (exact) mass is 355 g/mol. The van der Waals surface area contributed by atoms with Crippen molar-refractivity contribution < 1.29 is 9.59 Å². The third-order valence-electron chi connectivity index (χ3n) is 3.98. The lowest BCUT2D eigenvalue weighted by molar-refractivity contribution is -0.122. The summed E-state index contributed by atoms with van der Waals surface area (Å²) in [6.07, 6.45) is 0.415. The van der Waals surface area contributed by atoms with E-state index in [0.29, 0.717) is 17.1 Å². The molecule has 0 saturated carbocycles. The first-order valence-electron chi connectivity index (χ1n) is 7.91. The Morgan fingerprint density at radius 3 is 2.60 bits per heavy atom. The van der Waals surface area contributed by atoms with E-state index in [1.807, 2.05) is 36.4 Å². The van der Waals surface area contributed by atoms with Crippen molar-refractivity contribution in [3.63, 3.8) is 0 Å². The van der Waals surface area contributed by atoms with E-state index in [1.54, 1.807) is 25.2 Å². The van der Waals surface area contributed by atoms with Crippen LogP contribution in [0.25, 0.3) is 10.9 Å². The van der Waals surface area contributed by atoms with Gasteiger partial charge in [0, 0.05) is 29.4 Å². The highest BCUT2D eigenvalue weighted by atomic mass is 35.5. The molecule has 1 atom stereocenters. The maximum absolute atomic E-state index is 12.6. The number of amides is 2. The Kier molecular flexibility index (Phi) is 5.05. The van der Waals surface area contributed by atoms with Gasteiger partial charge in [0.2, 0.25) is 5.91 Å². The van der Waals surface area contributed by atoms with Gasteiger partial charge < -0.3 is 15.6 Å². The molecule has 0 aliphatic carbocycles. The molecule has 1 aromatic heterocycles. The van der Waals surface area contributed by atoms with Crippen molar-refractivity contribution in [2.24, 2.45) is 0 Å². The molecule has 6 heteroatoms. The van der Waals surface area contributed by atoms with E-state index in [1.165, 1.54) is 0 Å². The van der Waals surface area contributed by atoms with E-state index >= 15 is 0 Å². The van der Waals surface area contributed by atoms with E-state index in [0.717, 1.165) is 16.5 Å². The number of rotatable bonds is 5. The first-order chi connectivity index (χ1) is 12.1. The van der Waals surface area contributed by atoms with Crippen LogP contribution in [0.3, 0.4) is 0 Å². The predicted molar refractivity (Wildman–Crippen MR) is 98.8 cm³/mol. The number of benzene rings is 2. The van der Waals surface area contributed by atoms with Crippen LogP contribution in [-0.2, 0) is 11.2 Å². The number of halogens is 1. The van der Waals surface area contributed by atoms with Gasteiger partial charge in [0.15, 0.2) is 0 Å². The smallest absolute Gasteiger partial charge is 0.268 e. The third kappa shape index (κ3) is 4.00. The maximum atomic E-state index is 12.6. The van der Waals surface area contributed by atoms with Crippen molar-refractivity contribution >= 4 is 34.3 Å². The highest BCUT2D eigenvalue weighted by molar-refractivity contribution is 6.31. The number of likely N-dealkylation sites (N-methyl/N-ethyl adjacent to an activating group) is 1. The predicted octanol–water partition coefficient (Wildman–Crippen LogP) is 2.91. The van der Waals surface area contributed by atoms with Crippen LogP contribution in [0.5, 0.6) is 0 Å². The van der Waals surface area contributed by atoms with Crippen LogP contribution < -0.4 is 10.6 Å². The van der Waals surface area contributed by atoms with Crippen molar-refractivity contribution in [2.45, 2.75) is 12.5 Å². The molecule has 0 radical (unpaired) electrons. The number of hydrogen-bond acceptors (Lipinski definition) is 2. The van der Waals surface area contributed by atoms with Gasteiger partial charge in [-0.15, -0.1) is 0 Å². The lowest BCUT2D eigenvalue weighted by Gasteiger charge is -2.17. The van der Waals surface area contributed by atoms with Crippen LogP contribution in [0.15, 0.2) is 54.6 Å². The number of aromatic amines is 1. The Balaban J connectivity index is 1.79. The molecule has 0 bridgehead atoms. The standard InChI is InChI=1S/C19H18ClN3O2/c1-21-18(24)16(9-12-5-3-2-4-6-12)23-19(25)17-11-13-10-14(20)7-8-15(13)22-17/h2-8,10-11,16,22H,9H2,1H3,(H,21,24)(H,23,25)/t16-/m0/s1. The number of carbonyl (C=O) groups is 2. The summed E-state index contributed by atoms with van der Waals surface area (Å²) in [6, 6.07) is 16.0. The second kappa shape index (κ2) is 7.40. The summed E-state index contributed by atoms with van der Waals surface area (Å²) in [6.45, 7) is 0. The van der Waals surface area contributed by atoms with E-state index < -0.39 is 6.04 Å². The van der Waals surface area contributed by atoms with Crippen LogP contribution in [0, 0.1) is 0 Å². The van der Waals surface area contributed by atoms with E-state index in [9.17, 15) is 9.59 Å². The Hall–Kier alpha value is -2.79. The lowest BCUT2D eigenvalue weighted by Crippen LogP contribution is -2.47. The minimum atomic E-state index is -0.657. The Bertz CT molecular complexity index is 905. The molecule has 0 aliphatic rings. The van der Waals surface area contributed by atoms with E-state index in [-0.39, 0.29) is 11.8 Å². The molecule has 1 heterocycles. The van der Waals surface area contributed by atoms with Gasteiger partial charge in [-0.2, -0.15) is 0 Å². The average Bonchev–Trinajstić information content (AvgIpc) is 3.04. The molecule has 128 valence electrons. The van der Waals surface area contributed by atoms with E-state index in [4.69, 9.17) is 11.6 Å². The van der Waals surface area contributed by atoms with Gasteiger partial charge in [-0.05, 0) is 29.8 Å². The molecule has 0 unspecified atom stereocenters. The number of H-pyrrole nitrogens is 1. The van der Waals surface area contributed by atoms with Crippen molar-refractivity contribution in [3.8, 4) is 0 Å². The normalized spacial score (nSPS) is 11.9. The summed E-state index contributed by atoms with van der Waals surface area (Å²) in [5.74, 6) is -0.576. The van der Waals surface area contributed by atoms with Gasteiger partial charge in [0.25, 0.3) is 5.91 Å². The Morgan fingerprint density at radius 2 is 1.88 bits per heavy atom. The summed E-state index contributed by atoms with van der Waals surface area (Å²) in [5, 5.41) is 6.83. The minimum absolute atomic E-state index is 0.239. The van der Waals surface area contributed by atoms with Crippen LogP contribution in [0.2, 0.25) is 5.02 Å². The molecule has 2 amide bonds. The molecule has 0 saturated heterocycles. The Morgan fingerprint density at radius 1 is 1.12 bits per heavy atom. The number of aromatic nitrogens is 1. The highest BCUT2D eigenvalue weighted by Gasteiger charge is 2.21. The molecular formula is C19H18ClN3O2. The number of nitrogens with one attached hydrogen (secondary N) is 3. The lowest BCUT2D eigenvalue weighted by atomic mass is 10.1. The fraction of sp³-hybridized carbons (Fsp3) is 0.158. The zero-order valence-electron chi connectivity index (χ0n) is 13.7. The molecule has 3 aromatic rings. The summed E-state index contributed by atoms with van der Waals surface area (Å²) in [5.41, 5.74) is 2.17. The quantitative estimate of drug-likeness (QED) is 0.658. The summed E-state index contributed by atoms with van der Waals surface area (Å²) in [4.78, 5) is 27.8. The number of fused-ring (bicyclic) bond motifs is 1. The van der Waals surface area contributed by atoms with Gasteiger partial charge in [0.05, 0.1) is 0 Å². The second-order valence-electron chi connectivity index (χ2n) is 5.74. The molecule has 25 heavy (non-hydrogen) atoms. The first kappa shape index (κ1) is 17.0. The van der Waals surface area contributed by atoms with Crippen molar-refractivity contribution in [2.75, 3.05) is 7.05 Å². The van der Waals surface area contributed by atoms with Crippen molar-refractivity contribution in [1.29, 1.82) is 0 Å². The fourth-order valence-electron chi connectivity index (χ4n) is 2.70. The van der Waals surface area contributed by atoms with E-state index in [2.05, 4.69) is 15.6 Å². The highest BCUT2D eigenvalue weighted by Crippen LogP contribution is 2.20. The van der Waals surface area contributed by atoms with Gasteiger partial charge in [0.1, 0.15) is 11.7 Å². The molecule has 0 fully saturated rings. The first-order valence-corrected chi connectivity index (χ1v) is 8.29. The third-order valence-corrected chi connectivity index (χ3v) is 4.21. The maximum Gasteiger partial charge on any atom is 0.268 e. The van der Waals surface area contributed by atoms with Gasteiger partial charge >= 0.3 is 0 Å². The average molecular weight is 356 g/mol. The number of carbonyl (C=O) groups excluding carboxylic acids is 2. The zero-order valence-corrected chi connectivity index (χ0v) is 14.4.